The minimum absolute atomic E-state index is 0.145. The molecule has 0 fully saturated rings. The van der Waals surface area contributed by atoms with Crippen LogP contribution in [0.5, 0.6) is 11.5 Å². The molecule has 0 aliphatic carbocycles. The summed E-state index contributed by atoms with van der Waals surface area (Å²) in [5.41, 5.74) is 0.337. The molecule has 2 aromatic carbocycles. The fourth-order valence-electron chi connectivity index (χ4n) is 3.01. The molecule has 2 heterocycles. The van der Waals surface area contributed by atoms with Gasteiger partial charge in [-0.2, -0.15) is 4.98 Å². The van der Waals surface area contributed by atoms with Gasteiger partial charge in [0.2, 0.25) is 5.82 Å². The zero-order valence-electron chi connectivity index (χ0n) is 15.1. The number of hydrogen-bond acceptors (Lipinski definition) is 6. The Morgan fingerprint density at radius 1 is 1.21 bits per heavy atom. The van der Waals surface area contributed by atoms with Gasteiger partial charge in [-0.1, -0.05) is 5.16 Å². The summed E-state index contributed by atoms with van der Waals surface area (Å²) in [6.07, 6.45) is 0. The fourth-order valence-corrected chi connectivity index (χ4v) is 3.01. The van der Waals surface area contributed by atoms with E-state index in [1.807, 2.05) is 6.92 Å². The summed E-state index contributed by atoms with van der Waals surface area (Å²) >= 11 is 0. The highest BCUT2D eigenvalue weighted by molar-refractivity contribution is 5.91. The van der Waals surface area contributed by atoms with Crippen molar-refractivity contribution < 1.29 is 18.8 Å². The van der Waals surface area contributed by atoms with Crippen molar-refractivity contribution >= 4 is 10.9 Å². The number of ether oxygens (including phenoxy) is 1. The third-order valence-corrected chi connectivity index (χ3v) is 4.39. The molecule has 142 valence electrons. The topological polar surface area (TPSA) is 90.4 Å². The first-order valence-electron chi connectivity index (χ1n) is 8.58. The van der Waals surface area contributed by atoms with Crippen LogP contribution >= 0.6 is 0 Å². The molecule has 0 saturated carbocycles. The largest absolute Gasteiger partial charge is 0.506 e. The average Bonchev–Trinajstić information content (AvgIpc) is 3.17. The minimum atomic E-state index is -0.534. The summed E-state index contributed by atoms with van der Waals surface area (Å²) in [6.45, 7) is 2.44. The third kappa shape index (κ3) is 2.88. The van der Waals surface area contributed by atoms with E-state index >= 15 is 0 Å². The van der Waals surface area contributed by atoms with Crippen LogP contribution in [0.4, 0.5) is 4.39 Å². The summed E-state index contributed by atoms with van der Waals surface area (Å²) in [7, 11) is 1.52. The highest BCUT2D eigenvalue weighted by atomic mass is 19.1. The molecule has 0 aliphatic heterocycles. The monoisotopic (exact) mass is 381 g/mol. The first kappa shape index (κ1) is 17.7. The number of pyridine rings is 1. The maximum absolute atomic E-state index is 13.6. The van der Waals surface area contributed by atoms with Gasteiger partial charge in [-0.15, -0.1) is 0 Å². The smallest absolute Gasteiger partial charge is 0.267 e. The highest BCUT2D eigenvalue weighted by Gasteiger charge is 2.22. The van der Waals surface area contributed by atoms with Crippen molar-refractivity contribution in [2.24, 2.45) is 7.05 Å². The van der Waals surface area contributed by atoms with Gasteiger partial charge in [-0.25, -0.2) is 4.39 Å². The van der Waals surface area contributed by atoms with Crippen molar-refractivity contribution in [2.75, 3.05) is 6.61 Å². The molecule has 28 heavy (non-hydrogen) atoms. The minimum Gasteiger partial charge on any atom is -0.506 e. The highest BCUT2D eigenvalue weighted by Crippen LogP contribution is 2.33. The molecule has 0 saturated heterocycles. The lowest BCUT2D eigenvalue weighted by atomic mass is 10.1. The molecule has 4 aromatic rings. The Hall–Kier alpha value is -3.68. The number of aromatic nitrogens is 3. The molecular formula is C20H16FN3O4. The summed E-state index contributed by atoms with van der Waals surface area (Å²) < 4.78 is 25.5. The Morgan fingerprint density at radius 2 is 1.96 bits per heavy atom. The van der Waals surface area contributed by atoms with E-state index in [2.05, 4.69) is 10.1 Å². The van der Waals surface area contributed by atoms with Crippen LogP contribution in [0.3, 0.4) is 0 Å². The Bertz CT molecular complexity index is 1230. The number of hydrogen-bond donors (Lipinski definition) is 1. The molecule has 0 aliphatic rings. The lowest BCUT2D eigenvalue weighted by Gasteiger charge is -2.09. The first-order valence-corrected chi connectivity index (χ1v) is 8.58. The molecule has 0 radical (unpaired) electrons. The summed E-state index contributed by atoms with van der Waals surface area (Å²) in [5, 5.41) is 14.6. The number of halogens is 1. The van der Waals surface area contributed by atoms with Gasteiger partial charge in [0, 0.05) is 18.0 Å². The standard InChI is InChI=1S/C20H16FN3O4/c1-3-27-13-7-4-11(5-8-13)18-22-19(28-23-18)16-17(25)14-10-12(21)6-9-15(14)24(2)20(16)26/h4-10,25H,3H2,1-2H3. The van der Waals surface area contributed by atoms with Crippen LogP contribution in [0.1, 0.15) is 6.92 Å². The molecule has 0 bridgehead atoms. The molecule has 0 amide bonds. The molecule has 2 aromatic heterocycles. The second-order valence-electron chi connectivity index (χ2n) is 6.13. The number of nitrogens with zero attached hydrogens (tertiary/aromatic N) is 3. The maximum atomic E-state index is 13.6. The second kappa shape index (κ2) is 6.80. The molecular weight excluding hydrogens is 365 g/mol. The molecule has 8 heteroatoms. The van der Waals surface area contributed by atoms with Crippen molar-refractivity contribution in [3.05, 3.63) is 58.6 Å². The van der Waals surface area contributed by atoms with Gasteiger partial charge in [0.05, 0.1) is 12.1 Å². The van der Waals surface area contributed by atoms with Crippen LogP contribution in [-0.4, -0.2) is 26.4 Å². The van der Waals surface area contributed by atoms with Crippen molar-refractivity contribution in [3.8, 4) is 34.3 Å². The zero-order chi connectivity index (χ0) is 19.8. The number of aromatic hydroxyl groups is 1. The van der Waals surface area contributed by atoms with Gasteiger partial charge in [-0.05, 0) is 49.4 Å². The van der Waals surface area contributed by atoms with Crippen LogP contribution in [0.25, 0.3) is 33.7 Å². The van der Waals surface area contributed by atoms with E-state index in [1.165, 1.54) is 23.7 Å². The van der Waals surface area contributed by atoms with Gasteiger partial charge < -0.3 is 18.9 Å². The number of benzene rings is 2. The number of fused-ring (bicyclic) bond motifs is 1. The number of aryl methyl sites for hydroxylation is 1. The van der Waals surface area contributed by atoms with Gasteiger partial charge in [0.15, 0.2) is 0 Å². The van der Waals surface area contributed by atoms with Crippen molar-refractivity contribution in [1.29, 1.82) is 0 Å². The van der Waals surface area contributed by atoms with Gasteiger partial charge in [0.1, 0.15) is 22.9 Å². The third-order valence-electron chi connectivity index (χ3n) is 4.39. The fraction of sp³-hybridized carbons (Fsp3) is 0.150. The van der Waals surface area contributed by atoms with E-state index in [0.717, 1.165) is 6.07 Å². The van der Waals surface area contributed by atoms with Crippen LogP contribution in [-0.2, 0) is 7.05 Å². The first-order chi connectivity index (χ1) is 13.5. The zero-order valence-corrected chi connectivity index (χ0v) is 15.1. The van der Waals surface area contributed by atoms with E-state index < -0.39 is 17.1 Å². The van der Waals surface area contributed by atoms with Crippen molar-refractivity contribution in [2.45, 2.75) is 6.92 Å². The molecule has 0 unspecified atom stereocenters. The van der Waals surface area contributed by atoms with Gasteiger partial charge in [0.25, 0.3) is 11.4 Å². The normalized spacial score (nSPS) is 11.1. The summed E-state index contributed by atoms with van der Waals surface area (Å²) in [6, 6.07) is 10.8. The Balaban J connectivity index is 1.82. The second-order valence-corrected chi connectivity index (χ2v) is 6.13. The van der Waals surface area contributed by atoms with E-state index in [1.54, 1.807) is 24.3 Å². The van der Waals surface area contributed by atoms with E-state index in [0.29, 0.717) is 23.4 Å². The predicted molar refractivity (Wildman–Crippen MR) is 101 cm³/mol. The molecule has 0 atom stereocenters. The Morgan fingerprint density at radius 3 is 2.68 bits per heavy atom. The number of rotatable bonds is 4. The van der Waals surface area contributed by atoms with Crippen LogP contribution < -0.4 is 10.3 Å². The average molecular weight is 381 g/mol. The predicted octanol–water partition coefficient (Wildman–Crippen LogP) is 3.50. The molecule has 0 spiro atoms. The van der Waals surface area contributed by atoms with E-state index in [-0.39, 0.29) is 22.7 Å². The van der Waals surface area contributed by atoms with E-state index in [9.17, 15) is 14.3 Å². The van der Waals surface area contributed by atoms with Crippen LogP contribution in [0.15, 0.2) is 51.8 Å². The van der Waals surface area contributed by atoms with Crippen molar-refractivity contribution in [1.82, 2.24) is 14.7 Å². The lowest BCUT2D eigenvalue weighted by molar-refractivity contribution is 0.340. The van der Waals surface area contributed by atoms with Gasteiger partial charge >= 0.3 is 0 Å². The maximum Gasteiger partial charge on any atom is 0.267 e. The van der Waals surface area contributed by atoms with E-state index in [4.69, 9.17) is 9.26 Å². The van der Waals surface area contributed by atoms with Crippen LogP contribution in [0, 0.1) is 5.82 Å². The molecule has 1 N–H and O–H groups in total. The van der Waals surface area contributed by atoms with Crippen LogP contribution in [0.2, 0.25) is 0 Å². The molecule has 7 nitrogen and oxygen atoms in total. The lowest BCUT2D eigenvalue weighted by Crippen LogP contribution is -2.19. The SMILES string of the molecule is CCOc1ccc(-c2noc(-c3c(O)c4cc(F)ccc4n(C)c3=O)n2)cc1. The Labute approximate surface area is 158 Å². The van der Waals surface area contributed by atoms with Gasteiger partial charge in [-0.3, -0.25) is 4.79 Å². The molecule has 4 rings (SSSR count). The summed E-state index contributed by atoms with van der Waals surface area (Å²) in [5.74, 6) is -0.127. The Kier molecular flexibility index (Phi) is 4.31. The quantitative estimate of drug-likeness (QED) is 0.582. The summed E-state index contributed by atoms with van der Waals surface area (Å²) in [4.78, 5) is 16.9. The van der Waals surface area contributed by atoms with Crippen molar-refractivity contribution in [3.63, 3.8) is 0 Å².